The third-order valence-corrected chi connectivity index (χ3v) is 6.42. The van der Waals surface area contributed by atoms with Gasteiger partial charge in [-0.3, -0.25) is 4.79 Å². The second kappa shape index (κ2) is 13.6. The van der Waals surface area contributed by atoms with Crippen LogP contribution < -0.4 is 14.9 Å². The quantitative estimate of drug-likeness (QED) is 0.246. The summed E-state index contributed by atoms with van der Waals surface area (Å²) in [5, 5.41) is 30.7. The normalized spacial score (nSPS) is 17.9. The van der Waals surface area contributed by atoms with E-state index < -0.39 is 17.8 Å². The molecular weight excluding hydrogens is 458 g/mol. The molecule has 4 N–H and O–H groups in total. The van der Waals surface area contributed by atoms with Crippen molar-refractivity contribution in [2.24, 2.45) is 5.92 Å². The highest BCUT2D eigenvalue weighted by atomic mass is 16.5. The molecule has 0 aliphatic carbocycles. The first kappa shape index (κ1) is 31.4. The Bertz CT molecular complexity index is 1070. The largest absolute Gasteiger partial charge is 0.488 e. The third kappa shape index (κ3) is 8.80. The zero-order valence-electron chi connectivity index (χ0n) is 23.5. The third-order valence-electron chi connectivity index (χ3n) is 6.42. The van der Waals surface area contributed by atoms with Gasteiger partial charge in [-0.25, -0.2) is 0 Å². The summed E-state index contributed by atoms with van der Waals surface area (Å²) in [6.45, 7) is 14.6. The molecular formula is C29H45NO6. The molecule has 0 unspecified atom stereocenters. The molecule has 7 heteroatoms. The minimum Gasteiger partial charge on any atom is -0.488 e. The van der Waals surface area contributed by atoms with Gasteiger partial charge >= 0.3 is 0 Å². The van der Waals surface area contributed by atoms with Gasteiger partial charge in [0.05, 0.1) is 26.4 Å². The molecule has 0 aromatic carbocycles. The Morgan fingerprint density at radius 2 is 1.69 bits per heavy atom. The van der Waals surface area contributed by atoms with E-state index in [1.54, 1.807) is 13.8 Å². The van der Waals surface area contributed by atoms with Crippen LogP contribution in [0.5, 0.6) is 11.6 Å². The van der Waals surface area contributed by atoms with E-state index in [1.807, 2.05) is 19.9 Å². The van der Waals surface area contributed by atoms with Gasteiger partial charge in [-0.1, -0.05) is 41.9 Å². The van der Waals surface area contributed by atoms with E-state index in [1.165, 1.54) is 45.3 Å². The van der Waals surface area contributed by atoms with Crippen molar-refractivity contribution in [2.75, 3.05) is 14.2 Å². The number of nitrogens with one attached hydrogen (secondary N) is 1. The molecule has 1 aromatic rings. The lowest BCUT2D eigenvalue weighted by Crippen LogP contribution is -2.36. The molecule has 0 saturated carbocycles. The fraction of sp³-hybridized carbons (Fsp3) is 0.552. The highest BCUT2D eigenvalue weighted by Gasteiger charge is 2.26. The fourth-order valence-corrected chi connectivity index (χ4v) is 4.09. The summed E-state index contributed by atoms with van der Waals surface area (Å²) in [4.78, 5) is 15.7. The average Bonchev–Trinajstić information content (AvgIpc) is 2.78. The monoisotopic (exact) mass is 503 g/mol. The number of aromatic nitrogens is 1. The van der Waals surface area contributed by atoms with Gasteiger partial charge < -0.3 is 29.8 Å². The van der Waals surface area contributed by atoms with Crippen LogP contribution in [0, 0.1) is 12.8 Å². The molecule has 0 fully saturated rings. The Hall–Kier alpha value is -2.61. The molecule has 0 amide bonds. The van der Waals surface area contributed by atoms with Gasteiger partial charge in [-0.15, -0.1) is 0 Å². The van der Waals surface area contributed by atoms with Crippen LogP contribution in [0.2, 0.25) is 0 Å². The predicted octanol–water partition coefficient (Wildman–Crippen LogP) is 4.55. The van der Waals surface area contributed by atoms with Crippen molar-refractivity contribution in [3.8, 4) is 11.6 Å². The zero-order valence-corrected chi connectivity index (χ0v) is 23.5. The van der Waals surface area contributed by atoms with Gasteiger partial charge in [-0.05, 0) is 66.5 Å². The first-order chi connectivity index (χ1) is 16.6. The summed E-state index contributed by atoms with van der Waals surface area (Å²) in [7, 11) is 2.94. The van der Waals surface area contributed by atoms with Crippen LogP contribution in [0.1, 0.15) is 66.1 Å². The van der Waals surface area contributed by atoms with E-state index in [-0.39, 0.29) is 17.1 Å². The van der Waals surface area contributed by atoms with E-state index >= 15 is 0 Å². The van der Waals surface area contributed by atoms with Crippen LogP contribution in [0.4, 0.5) is 0 Å². The van der Waals surface area contributed by atoms with Gasteiger partial charge in [0.25, 0.3) is 0 Å². The summed E-state index contributed by atoms with van der Waals surface area (Å²) < 4.78 is 10.4. The van der Waals surface area contributed by atoms with Crippen LogP contribution in [0.15, 0.2) is 51.4 Å². The predicted molar refractivity (Wildman–Crippen MR) is 146 cm³/mol. The molecule has 0 bridgehead atoms. The van der Waals surface area contributed by atoms with Gasteiger partial charge in [0.2, 0.25) is 17.1 Å². The zero-order chi connectivity index (χ0) is 27.8. The Balaban J connectivity index is 2.93. The molecule has 0 saturated heterocycles. The average molecular weight is 504 g/mol. The smallest absolute Gasteiger partial charge is 0.238 e. The molecule has 0 aliphatic rings. The van der Waals surface area contributed by atoms with Crippen molar-refractivity contribution in [3.63, 3.8) is 0 Å². The number of pyridine rings is 1. The van der Waals surface area contributed by atoms with Gasteiger partial charge in [0.1, 0.15) is 5.60 Å². The summed E-state index contributed by atoms with van der Waals surface area (Å²) in [6, 6.07) is 0. The highest BCUT2D eigenvalue weighted by molar-refractivity contribution is 5.40. The Morgan fingerprint density at radius 1 is 1.08 bits per heavy atom. The second-order valence-electron chi connectivity index (χ2n) is 10.1. The topological polar surface area (TPSA) is 112 Å². The molecule has 7 nitrogen and oxygen atoms in total. The van der Waals surface area contributed by atoms with E-state index in [0.29, 0.717) is 23.4 Å². The first-order valence-corrected chi connectivity index (χ1v) is 12.3. The van der Waals surface area contributed by atoms with Crippen LogP contribution in [0.25, 0.3) is 0 Å². The maximum atomic E-state index is 12.5. The molecule has 4 atom stereocenters. The molecule has 1 heterocycles. The van der Waals surface area contributed by atoms with Gasteiger partial charge in [0, 0.05) is 23.6 Å². The lowest BCUT2D eigenvalue weighted by Gasteiger charge is -2.26. The van der Waals surface area contributed by atoms with Crippen molar-refractivity contribution in [1.29, 1.82) is 0 Å². The number of ether oxygens (including phenoxy) is 2. The molecule has 36 heavy (non-hydrogen) atoms. The van der Waals surface area contributed by atoms with Crippen LogP contribution in [0.3, 0.4) is 0 Å². The number of hydrogen-bond donors (Lipinski definition) is 4. The molecule has 1 rings (SSSR count). The van der Waals surface area contributed by atoms with Crippen molar-refractivity contribution in [3.05, 3.63) is 68.1 Å². The highest BCUT2D eigenvalue weighted by Crippen LogP contribution is 2.23. The number of aromatic amines is 1. The Labute approximate surface area is 215 Å². The maximum absolute atomic E-state index is 12.5. The number of H-pyrrole nitrogens is 1. The van der Waals surface area contributed by atoms with Crippen molar-refractivity contribution >= 4 is 0 Å². The lowest BCUT2D eigenvalue weighted by molar-refractivity contribution is -0.0168. The molecule has 1 aromatic heterocycles. The number of methoxy groups -OCH3 is 2. The second-order valence-corrected chi connectivity index (χ2v) is 10.1. The maximum Gasteiger partial charge on any atom is 0.238 e. The Kier molecular flexibility index (Phi) is 11.9. The first-order valence-electron chi connectivity index (χ1n) is 12.3. The number of hydrogen-bond acceptors (Lipinski definition) is 6. The summed E-state index contributed by atoms with van der Waals surface area (Å²) in [5.41, 5.74) is 3.79. The minimum atomic E-state index is -1.40. The van der Waals surface area contributed by atoms with Crippen molar-refractivity contribution in [2.45, 2.75) is 86.0 Å². The van der Waals surface area contributed by atoms with Crippen molar-refractivity contribution < 1.29 is 24.8 Å². The van der Waals surface area contributed by atoms with E-state index in [4.69, 9.17) is 9.47 Å². The number of aliphatic hydroxyl groups excluding tert-OH is 2. The lowest BCUT2D eigenvalue weighted by atomic mass is 9.90. The molecule has 0 aliphatic heterocycles. The summed E-state index contributed by atoms with van der Waals surface area (Å²) in [5.74, 6) is 0.331. The number of aliphatic hydroxyl groups is 3. The SMILES string of the molecule is COc1[nH]c(C/C=C(\C)C/C(C)=C/C(C)=C\[C@@H](C)[C@@H](O)/C(C)=C\[C@@](C)(O)[C@H](C)O)c(C)c(=O)c1OC. The van der Waals surface area contributed by atoms with Crippen LogP contribution in [-0.2, 0) is 6.42 Å². The summed E-state index contributed by atoms with van der Waals surface area (Å²) in [6.07, 6.45) is 7.33. The molecule has 202 valence electrons. The number of rotatable bonds is 12. The molecule has 0 radical (unpaired) electrons. The Morgan fingerprint density at radius 3 is 2.22 bits per heavy atom. The van der Waals surface area contributed by atoms with E-state index in [9.17, 15) is 20.1 Å². The number of allylic oxidation sites excluding steroid dienone is 5. The van der Waals surface area contributed by atoms with Crippen LogP contribution in [-0.4, -0.2) is 52.3 Å². The minimum absolute atomic E-state index is 0.170. The fourth-order valence-electron chi connectivity index (χ4n) is 4.09. The molecule has 0 spiro atoms. The van der Waals surface area contributed by atoms with Crippen molar-refractivity contribution in [1.82, 2.24) is 4.98 Å². The summed E-state index contributed by atoms with van der Waals surface area (Å²) >= 11 is 0. The standard InChI is InChI=1S/C29H45NO6/c1-17(11-12-24-22(6)26(33)27(35-9)28(30-24)36-10)13-18(2)14-19(3)15-20(4)25(32)21(5)16-29(8,34)23(7)31/h11,14-16,20,23,25,31-32,34H,12-13H2,1-10H3,(H,30,33)/b17-11+,18-14+,19-15-,21-16-/t20-,23+,25-,29-/m1/s1. The van der Waals surface area contributed by atoms with E-state index in [0.717, 1.165) is 17.7 Å². The van der Waals surface area contributed by atoms with Crippen LogP contribution >= 0.6 is 0 Å². The van der Waals surface area contributed by atoms with Gasteiger partial charge in [-0.2, -0.15) is 0 Å². The van der Waals surface area contributed by atoms with E-state index in [2.05, 4.69) is 31.0 Å². The van der Waals surface area contributed by atoms with Gasteiger partial charge in [0.15, 0.2) is 0 Å².